The third-order valence-electron chi connectivity index (χ3n) is 5.85. The van der Waals surface area contributed by atoms with Gasteiger partial charge in [0.15, 0.2) is 11.5 Å². The van der Waals surface area contributed by atoms with Crippen LogP contribution in [-0.2, 0) is 20.9 Å². The fraction of sp³-hybridized carbons (Fsp3) is 0.360. The first-order chi connectivity index (χ1) is 16.5. The average Bonchev–Trinajstić information content (AvgIpc) is 3.41. The summed E-state index contributed by atoms with van der Waals surface area (Å²) in [4.78, 5) is 28.5. The predicted octanol–water partition coefficient (Wildman–Crippen LogP) is 3.74. The number of para-hydroxylation sites is 1. The summed E-state index contributed by atoms with van der Waals surface area (Å²) in [6.45, 7) is 5.63. The Bertz CT molecular complexity index is 1220. The smallest absolute Gasteiger partial charge is 0.242 e. The van der Waals surface area contributed by atoms with Crippen LogP contribution < -0.4 is 14.8 Å². The molecule has 2 aliphatic rings. The molecule has 3 heterocycles. The van der Waals surface area contributed by atoms with Gasteiger partial charge in [-0.1, -0.05) is 18.2 Å². The average molecular weight is 482 g/mol. The Morgan fingerprint density at radius 3 is 2.65 bits per heavy atom. The van der Waals surface area contributed by atoms with Crippen LogP contribution in [0.25, 0.3) is 10.9 Å². The van der Waals surface area contributed by atoms with Gasteiger partial charge in [-0.3, -0.25) is 9.59 Å². The highest BCUT2D eigenvalue weighted by molar-refractivity contribution is 8.00. The number of hydrogen-bond donors (Lipinski definition) is 1. The molecule has 0 bridgehead atoms. The van der Waals surface area contributed by atoms with Crippen molar-refractivity contribution in [2.24, 2.45) is 0 Å². The van der Waals surface area contributed by atoms with E-state index in [4.69, 9.17) is 14.2 Å². The molecule has 2 atom stereocenters. The Kier molecular flexibility index (Phi) is 6.38. The molecular formula is C25H27N3O5S. The van der Waals surface area contributed by atoms with E-state index in [0.717, 1.165) is 15.8 Å². The number of ether oxygens (including phenoxy) is 3. The van der Waals surface area contributed by atoms with E-state index in [9.17, 15) is 9.59 Å². The lowest BCUT2D eigenvalue weighted by Crippen LogP contribution is -2.49. The zero-order valence-electron chi connectivity index (χ0n) is 19.2. The van der Waals surface area contributed by atoms with E-state index in [1.165, 1.54) is 11.8 Å². The molecule has 8 nitrogen and oxygen atoms in total. The van der Waals surface area contributed by atoms with Crippen LogP contribution >= 0.6 is 11.8 Å². The molecule has 0 unspecified atom stereocenters. The van der Waals surface area contributed by atoms with Crippen LogP contribution in [0, 0.1) is 0 Å². The number of fused-ring (bicyclic) bond motifs is 2. The van der Waals surface area contributed by atoms with E-state index >= 15 is 0 Å². The Morgan fingerprint density at radius 2 is 1.82 bits per heavy atom. The summed E-state index contributed by atoms with van der Waals surface area (Å²) in [5.74, 6) is 1.50. The van der Waals surface area contributed by atoms with Crippen molar-refractivity contribution >= 4 is 40.2 Å². The minimum Gasteiger partial charge on any atom is -0.454 e. The molecule has 1 aromatic heterocycles. The first-order valence-electron chi connectivity index (χ1n) is 11.3. The first-order valence-corrected chi connectivity index (χ1v) is 12.3. The van der Waals surface area contributed by atoms with Gasteiger partial charge in [0.2, 0.25) is 18.6 Å². The van der Waals surface area contributed by atoms with Crippen molar-refractivity contribution < 1.29 is 23.8 Å². The second kappa shape index (κ2) is 9.60. The number of carbonyl (C=O) groups is 2. The van der Waals surface area contributed by atoms with Crippen molar-refractivity contribution in [1.29, 1.82) is 0 Å². The highest BCUT2D eigenvalue weighted by atomic mass is 32.2. The van der Waals surface area contributed by atoms with Gasteiger partial charge in [0.05, 0.1) is 18.0 Å². The number of rotatable bonds is 6. The van der Waals surface area contributed by atoms with Crippen LogP contribution in [0.15, 0.2) is 53.6 Å². The molecule has 2 amide bonds. The number of thioether (sulfide) groups is 1. The fourth-order valence-corrected chi connectivity index (χ4v) is 5.29. The summed E-state index contributed by atoms with van der Waals surface area (Å²) in [6.07, 6.45) is 2.03. The van der Waals surface area contributed by atoms with Crippen LogP contribution in [-0.4, -0.2) is 59.1 Å². The van der Waals surface area contributed by atoms with Crippen molar-refractivity contribution in [3.8, 4) is 11.5 Å². The van der Waals surface area contributed by atoms with E-state index < -0.39 is 0 Å². The van der Waals surface area contributed by atoms with Gasteiger partial charge in [-0.15, -0.1) is 11.8 Å². The second-order valence-electron chi connectivity index (χ2n) is 8.60. The van der Waals surface area contributed by atoms with Crippen LogP contribution in [0.3, 0.4) is 0 Å². The molecular weight excluding hydrogens is 454 g/mol. The molecule has 1 saturated heterocycles. The lowest BCUT2D eigenvalue weighted by atomic mass is 10.2. The van der Waals surface area contributed by atoms with Crippen molar-refractivity contribution in [1.82, 2.24) is 9.47 Å². The van der Waals surface area contributed by atoms with Crippen LogP contribution in [0.2, 0.25) is 0 Å². The van der Waals surface area contributed by atoms with Gasteiger partial charge >= 0.3 is 0 Å². The maximum atomic E-state index is 13.0. The number of aromatic nitrogens is 1. The lowest BCUT2D eigenvalue weighted by Gasteiger charge is -2.35. The lowest BCUT2D eigenvalue weighted by molar-refractivity contribution is -0.143. The number of amides is 2. The van der Waals surface area contributed by atoms with Crippen molar-refractivity contribution in [2.75, 3.05) is 31.0 Å². The maximum absolute atomic E-state index is 13.0. The van der Waals surface area contributed by atoms with Gasteiger partial charge < -0.3 is 29.0 Å². The second-order valence-corrected chi connectivity index (χ2v) is 9.62. The molecule has 34 heavy (non-hydrogen) atoms. The normalized spacial score (nSPS) is 19.4. The number of carbonyl (C=O) groups excluding carboxylic acids is 2. The Hall–Kier alpha value is -3.17. The quantitative estimate of drug-likeness (QED) is 0.541. The van der Waals surface area contributed by atoms with Gasteiger partial charge in [0.25, 0.3) is 0 Å². The molecule has 0 radical (unpaired) electrons. The number of nitrogens with zero attached hydrogens (tertiary/aromatic N) is 2. The van der Waals surface area contributed by atoms with E-state index in [2.05, 4.69) is 5.32 Å². The topological polar surface area (TPSA) is 82.0 Å². The third-order valence-corrected chi connectivity index (χ3v) is 6.89. The zero-order valence-corrected chi connectivity index (χ0v) is 20.0. The number of benzene rings is 2. The van der Waals surface area contributed by atoms with Crippen molar-refractivity contribution in [2.45, 2.75) is 37.5 Å². The van der Waals surface area contributed by atoms with E-state index in [1.807, 2.05) is 53.8 Å². The molecule has 3 aromatic rings. The minimum atomic E-state index is -0.118. The van der Waals surface area contributed by atoms with Gasteiger partial charge in [-0.25, -0.2) is 0 Å². The van der Waals surface area contributed by atoms with Crippen molar-refractivity contribution in [3.05, 3.63) is 48.7 Å². The zero-order chi connectivity index (χ0) is 23.7. The van der Waals surface area contributed by atoms with Crippen molar-refractivity contribution in [3.63, 3.8) is 0 Å². The Balaban J connectivity index is 1.26. The predicted molar refractivity (Wildman–Crippen MR) is 130 cm³/mol. The monoisotopic (exact) mass is 481 g/mol. The molecule has 1 N–H and O–H groups in total. The summed E-state index contributed by atoms with van der Waals surface area (Å²) >= 11 is 1.45. The van der Waals surface area contributed by atoms with Crippen LogP contribution in [0.4, 0.5) is 5.69 Å². The van der Waals surface area contributed by atoms with Gasteiger partial charge in [-0.05, 0) is 32.0 Å². The van der Waals surface area contributed by atoms with E-state index in [-0.39, 0.29) is 43.1 Å². The molecule has 0 aliphatic carbocycles. The highest BCUT2D eigenvalue weighted by Gasteiger charge is 2.26. The van der Waals surface area contributed by atoms with E-state index in [0.29, 0.717) is 30.3 Å². The Morgan fingerprint density at radius 1 is 1.06 bits per heavy atom. The summed E-state index contributed by atoms with van der Waals surface area (Å²) < 4.78 is 18.4. The van der Waals surface area contributed by atoms with Crippen LogP contribution in [0.1, 0.15) is 13.8 Å². The minimum absolute atomic E-state index is 0.0310. The van der Waals surface area contributed by atoms with Gasteiger partial charge in [-0.2, -0.15) is 0 Å². The molecule has 178 valence electrons. The highest BCUT2D eigenvalue weighted by Crippen LogP contribution is 2.34. The standard InChI is InChI=1S/C25H27N3O5S/c1-16-10-28(11-17(2)33-16)25(30)13-27-12-23(19-5-3-4-6-20(19)27)34-14-24(29)26-18-7-8-21-22(9-18)32-15-31-21/h3-9,12,16-17H,10-11,13-15H2,1-2H3,(H,26,29)/t16-,17-/m1/s1. The number of hydrogen-bond acceptors (Lipinski definition) is 6. The molecule has 2 aliphatic heterocycles. The van der Waals surface area contributed by atoms with Gasteiger partial charge in [0.1, 0.15) is 6.54 Å². The molecule has 2 aromatic carbocycles. The number of morpholine rings is 1. The SMILES string of the molecule is C[C@@H]1CN(C(=O)Cn2cc(SCC(=O)Nc3ccc4c(c3)OCO4)c3ccccc32)C[C@@H](C)O1. The molecule has 0 saturated carbocycles. The maximum Gasteiger partial charge on any atom is 0.242 e. The third kappa shape index (κ3) is 4.85. The summed E-state index contributed by atoms with van der Waals surface area (Å²) in [5.41, 5.74) is 1.64. The molecule has 0 spiro atoms. The van der Waals surface area contributed by atoms with Crippen LogP contribution in [0.5, 0.6) is 11.5 Å². The summed E-state index contributed by atoms with van der Waals surface area (Å²) in [7, 11) is 0. The summed E-state index contributed by atoms with van der Waals surface area (Å²) in [5, 5.41) is 3.93. The molecule has 9 heteroatoms. The Labute approximate surface area is 202 Å². The van der Waals surface area contributed by atoms with E-state index in [1.54, 1.807) is 18.2 Å². The number of nitrogens with one attached hydrogen (secondary N) is 1. The summed E-state index contributed by atoms with van der Waals surface area (Å²) in [6, 6.07) is 13.3. The fourth-order valence-electron chi connectivity index (χ4n) is 4.40. The van der Waals surface area contributed by atoms with Gasteiger partial charge in [0, 0.05) is 46.8 Å². The largest absolute Gasteiger partial charge is 0.454 e. The first kappa shape index (κ1) is 22.6. The number of anilines is 1. The molecule has 1 fully saturated rings. The molecule has 5 rings (SSSR count).